The smallest absolute Gasteiger partial charge is 0.305 e. The predicted octanol–water partition coefficient (Wildman–Crippen LogP) is 5.50. The average Bonchev–Trinajstić information content (AvgIpc) is 2.41. The lowest BCUT2D eigenvalue weighted by molar-refractivity contribution is -0.145. The van der Waals surface area contributed by atoms with Crippen LogP contribution in [0.2, 0.25) is 0 Å². The van der Waals surface area contributed by atoms with Gasteiger partial charge >= 0.3 is 5.97 Å². The molecule has 0 aromatic heterocycles. The molecule has 0 fully saturated rings. The molecule has 2 heteroatoms. The molecule has 0 aromatic rings. The van der Waals surface area contributed by atoms with Gasteiger partial charge in [-0.1, -0.05) is 65.7 Å². The van der Waals surface area contributed by atoms with Crippen LogP contribution in [0.15, 0.2) is 0 Å². The molecule has 0 saturated heterocycles. The fraction of sp³-hybridized carbons (Fsp3) is 0.941. The van der Waals surface area contributed by atoms with E-state index in [0.717, 1.165) is 12.8 Å². The van der Waals surface area contributed by atoms with Crippen LogP contribution in [-0.2, 0) is 9.53 Å². The molecular weight excluding hydrogens is 236 g/mol. The Hall–Kier alpha value is -0.530. The molecule has 0 heterocycles. The zero-order valence-corrected chi connectivity index (χ0v) is 13.4. The molecule has 1 unspecified atom stereocenters. The highest BCUT2D eigenvalue weighted by molar-refractivity contribution is 5.69. The monoisotopic (exact) mass is 270 g/mol. The number of carbonyl (C=O) groups excluding carboxylic acids is 1. The number of ether oxygens (including phenoxy) is 1. The quantitative estimate of drug-likeness (QED) is 0.326. The molecule has 0 aliphatic heterocycles. The Morgan fingerprint density at radius 3 is 2.16 bits per heavy atom. The molecule has 0 aliphatic rings. The largest absolute Gasteiger partial charge is 0.465 e. The molecule has 0 aliphatic carbocycles. The summed E-state index contributed by atoms with van der Waals surface area (Å²) in [5.41, 5.74) is 0. The van der Waals surface area contributed by atoms with Crippen molar-refractivity contribution in [1.82, 2.24) is 0 Å². The van der Waals surface area contributed by atoms with Gasteiger partial charge in [0.05, 0.1) is 6.61 Å². The van der Waals surface area contributed by atoms with Crippen LogP contribution in [-0.4, -0.2) is 12.6 Å². The molecule has 0 N–H and O–H groups in total. The van der Waals surface area contributed by atoms with Gasteiger partial charge in [-0.15, -0.1) is 0 Å². The highest BCUT2D eigenvalue weighted by Gasteiger charge is 2.10. The van der Waals surface area contributed by atoms with Crippen molar-refractivity contribution in [3.8, 4) is 0 Å². The number of carbonyl (C=O) groups is 1. The second-order valence-electron chi connectivity index (χ2n) is 5.64. The Morgan fingerprint density at radius 2 is 1.53 bits per heavy atom. The summed E-state index contributed by atoms with van der Waals surface area (Å²) in [6, 6.07) is 0. The van der Waals surface area contributed by atoms with Crippen LogP contribution in [0.5, 0.6) is 0 Å². The van der Waals surface area contributed by atoms with E-state index in [1.54, 1.807) is 0 Å². The van der Waals surface area contributed by atoms with E-state index in [2.05, 4.69) is 20.8 Å². The van der Waals surface area contributed by atoms with Crippen molar-refractivity contribution in [3.05, 3.63) is 0 Å². The Kier molecular flexibility index (Phi) is 13.5. The van der Waals surface area contributed by atoms with E-state index in [9.17, 15) is 4.79 Å². The third-order valence-electron chi connectivity index (χ3n) is 3.63. The third-order valence-corrected chi connectivity index (χ3v) is 3.63. The van der Waals surface area contributed by atoms with Gasteiger partial charge in [0.1, 0.15) is 0 Å². The number of unbranched alkanes of at least 4 members (excludes halogenated alkanes) is 5. The molecule has 19 heavy (non-hydrogen) atoms. The van der Waals surface area contributed by atoms with E-state index in [1.807, 2.05) is 0 Å². The molecule has 0 radical (unpaired) electrons. The maximum atomic E-state index is 11.6. The number of hydrogen-bond acceptors (Lipinski definition) is 2. The van der Waals surface area contributed by atoms with Crippen molar-refractivity contribution < 1.29 is 9.53 Å². The van der Waals surface area contributed by atoms with Gasteiger partial charge < -0.3 is 4.74 Å². The summed E-state index contributed by atoms with van der Waals surface area (Å²) >= 11 is 0. The van der Waals surface area contributed by atoms with E-state index in [1.165, 1.54) is 51.4 Å². The molecule has 0 amide bonds. The molecule has 1 atom stereocenters. The van der Waals surface area contributed by atoms with Crippen molar-refractivity contribution in [2.45, 2.75) is 91.4 Å². The van der Waals surface area contributed by atoms with Gasteiger partial charge in [-0.05, 0) is 25.2 Å². The van der Waals surface area contributed by atoms with Gasteiger partial charge in [0, 0.05) is 6.42 Å². The van der Waals surface area contributed by atoms with Crippen molar-refractivity contribution in [2.75, 3.05) is 6.61 Å². The maximum absolute atomic E-state index is 11.6. The first-order valence-corrected chi connectivity index (χ1v) is 8.40. The fourth-order valence-corrected chi connectivity index (χ4v) is 2.37. The van der Waals surface area contributed by atoms with Crippen molar-refractivity contribution >= 4 is 5.97 Å². The highest BCUT2D eigenvalue weighted by Crippen LogP contribution is 2.16. The average molecular weight is 270 g/mol. The molecule has 114 valence electrons. The van der Waals surface area contributed by atoms with Gasteiger partial charge in [-0.25, -0.2) is 0 Å². The van der Waals surface area contributed by atoms with E-state index in [0.29, 0.717) is 18.9 Å². The van der Waals surface area contributed by atoms with Crippen LogP contribution in [0.1, 0.15) is 91.4 Å². The molecule has 0 spiro atoms. The second kappa shape index (κ2) is 13.9. The first-order chi connectivity index (χ1) is 9.24. The maximum Gasteiger partial charge on any atom is 0.305 e. The minimum Gasteiger partial charge on any atom is -0.465 e. The molecular formula is C17H34O2. The zero-order valence-electron chi connectivity index (χ0n) is 13.4. The first kappa shape index (κ1) is 18.5. The highest BCUT2D eigenvalue weighted by atomic mass is 16.5. The fourth-order valence-electron chi connectivity index (χ4n) is 2.37. The van der Waals surface area contributed by atoms with Gasteiger partial charge in [0.25, 0.3) is 0 Å². The number of esters is 1. The molecule has 2 nitrogen and oxygen atoms in total. The van der Waals surface area contributed by atoms with Crippen LogP contribution in [0.25, 0.3) is 0 Å². The Bertz CT molecular complexity index is 201. The summed E-state index contributed by atoms with van der Waals surface area (Å²) in [6.07, 6.45) is 12.6. The lowest BCUT2D eigenvalue weighted by atomic mass is 9.98. The van der Waals surface area contributed by atoms with Gasteiger partial charge in [-0.3, -0.25) is 4.79 Å². The lowest BCUT2D eigenvalue weighted by Crippen LogP contribution is -2.14. The predicted molar refractivity (Wildman–Crippen MR) is 82.3 cm³/mol. The molecule has 0 bridgehead atoms. The molecule has 0 aromatic carbocycles. The zero-order chi connectivity index (χ0) is 14.3. The summed E-state index contributed by atoms with van der Waals surface area (Å²) in [5.74, 6) is 0.586. The van der Waals surface area contributed by atoms with Crippen molar-refractivity contribution in [2.24, 2.45) is 5.92 Å². The minimum atomic E-state index is 0.00843. The van der Waals surface area contributed by atoms with E-state index in [-0.39, 0.29) is 5.97 Å². The van der Waals surface area contributed by atoms with Crippen molar-refractivity contribution in [1.29, 1.82) is 0 Å². The standard InChI is InChI=1S/C17H34O2/c1-4-7-9-10-11-14-17(18)19-15-16(12-6-3)13-8-5-2/h16H,4-15H2,1-3H3. The van der Waals surface area contributed by atoms with Crippen LogP contribution in [0.3, 0.4) is 0 Å². The van der Waals surface area contributed by atoms with Gasteiger partial charge in [0.15, 0.2) is 0 Å². The third kappa shape index (κ3) is 12.3. The van der Waals surface area contributed by atoms with E-state index < -0.39 is 0 Å². The van der Waals surface area contributed by atoms with E-state index in [4.69, 9.17) is 4.74 Å². The summed E-state index contributed by atoms with van der Waals surface area (Å²) in [7, 11) is 0. The SMILES string of the molecule is CCCCCCCC(=O)OCC(CCC)CCCC. The summed E-state index contributed by atoms with van der Waals surface area (Å²) in [6.45, 7) is 7.26. The minimum absolute atomic E-state index is 0.00843. The van der Waals surface area contributed by atoms with E-state index >= 15 is 0 Å². The normalized spacial score (nSPS) is 12.4. The topological polar surface area (TPSA) is 26.3 Å². The summed E-state index contributed by atoms with van der Waals surface area (Å²) in [4.78, 5) is 11.6. The van der Waals surface area contributed by atoms with Crippen LogP contribution < -0.4 is 0 Å². The second-order valence-corrected chi connectivity index (χ2v) is 5.64. The Labute approximate surface area is 120 Å². The van der Waals surface area contributed by atoms with Gasteiger partial charge in [-0.2, -0.15) is 0 Å². The number of hydrogen-bond donors (Lipinski definition) is 0. The number of rotatable bonds is 13. The van der Waals surface area contributed by atoms with Crippen LogP contribution >= 0.6 is 0 Å². The van der Waals surface area contributed by atoms with Crippen LogP contribution in [0, 0.1) is 5.92 Å². The lowest BCUT2D eigenvalue weighted by Gasteiger charge is -2.15. The molecule has 0 saturated carbocycles. The summed E-state index contributed by atoms with van der Waals surface area (Å²) in [5, 5.41) is 0. The first-order valence-electron chi connectivity index (χ1n) is 8.40. The van der Waals surface area contributed by atoms with Crippen LogP contribution in [0.4, 0.5) is 0 Å². The Morgan fingerprint density at radius 1 is 0.842 bits per heavy atom. The molecule has 0 rings (SSSR count). The van der Waals surface area contributed by atoms with Gasteiger partial charge in [0.2, 0.25) is 0 Å². The van der Waals surface area contributed by atoms with Crippen molar-refractivity contribution in [3.63, 3.8) is 0 Å². The Balaban J connectivity index is 3.60. The summed E-state index contributed by atoms with van der Waals surface area (Å²) < 4.78 is 5.42.